The van der Waals surface area contributed by atoms with E-state index in [9.17, 15) is 10.2 Å². The summed E-state index contributed by atoms with van der Waals surface area (Å²) in [5.74, 6) is 0.264. The highest BCUT2D eigenvalue weighted by atomic mass is 35.5. The zero-order valence-corrected chi connectivity index (χ0v) is 10.1. The van der Waals surface area contributed by atoms with Gasteiger partial charge in [-0.05, 0) is 18.6 Å². The van der Waals surface area contributed by atoms with Gasteiger partial charge in [0, 0.05) is 21.5 Å². The molecule has 5 heteroatoms. The van der Waals surface area contributed by atoms with Crippen molar-refractivity contribution < 1.29 is 10.2 Å². The molecule has 15 heavy (non-hydrogen) atoms. The van der Waals surface area contributed by atoms with E-state index in [1.165, 1.54) is 0 Å². The molecule has 2 unspecified atom stereocenters. The van der Waals surface area contributed by atoms with Crippen molar-refractivity contribution in [1.29, 1.82) is 0 Å². The Kier molecular flexibility index (Phi) is 5.16. The van der Waals surface area contributed by atoms with E-state index in [0.29, 0.717) is 15.6 Å². The molecule has 0 spiro atoms. The maximum Gasteiger partial charge on any atom is 0.108 e. The molecule has 0 aromatic heterocycles. The van der Waals surface area contributed by atoms with Gasteiger partial charge in [0.05, 0.1) is 6.10 Å². The second-order valence-electron chi connectivity index (χ2n) is 3.13. The minimum Gasteiger partial charge on any atom is -0.390 e. The molecule has 0 aliphatic rings. The van der Waals surface area contributed by atoms with Gasteiger partial charge in [0.2, 0.25) is 0 Å². The highest BCUT2D eigenvalue weighted by molar-refractivity contribution is 6.36. The Hall–Kier alpha value is 0.01000. The van der Waals surface area contributed by atoms with Crippen LogP contribution in [0.1, 0.15) is 18.1 Å². The number of rotatable bonds is 4. The summed E-state index contributed by atoms with van der Waals surface area (Å²) in [4.78, 5) is 0. The Morgan fingerprint density at radius 1 is 1.13 bits per heavy atom. The third-order valence-electron chi connectivity index (χ3n) is 2.06. The van der Waals surface area contributed by atoms with E-state index in [0.717, 1.165) is 0 Å². The van der Waals surface area contributed by atoms with Crippen LogP contribution in [-0.2, 0) is 0 Å². The maximum atomic E-state index is 9.80. The molecule has 0 amide bonds. The fraction of sp³-hybridized carbons (Fsp3) is 0.400. The van der Waals surface area contributed by atoms with Crippen LogP contribution < -0.4 is 0 Å². The van der Waals surface area contributed by atoms with Crippen LogP contribution in [0.15, 0.2) is 18.2 Å². The van der Waals surface area contributed by atoms with Gasteiger partial charge >= 0.3 is 0 Å². The van der Waals surface area contributed by atoms with Gasteiger partial charge in [-0.25, -0.2) is 0 Å². The standard InChI is InChI=1S/C10H11Cl3O2/c11-5-4-8(14)10(15)9-6(12)2-1-3-7(9)13/h1-3,8,10,14-15H,4-5H2. The average molecular weight is 270 g/mol. The van der Waals surface area contributed by atoms with Crippen LogP contribution in [0.3, 0.4) is 0 Å². The minimum absolute atomic E-state index is 0.264. The summed E-state index contributed by atoms with van der Waals surface area (Å²) in [6.07, 6.45) is -1.78. The van der Waals surface area contributed by atoms with Gasteiger partial charge in [0.15, 0.2) is 0 Å². The summed E-state index contributed by atoms with van der Waals surface area (Å²) < 4.78 is 0. The zero-order valence-electron chi connectivity index (χ0n) is 7.83. The van der Waals surface area contributed by atoms with Crippen LogP contribution in [0.25, 0.3) is 0 Å². The predicted octanol–water partition coefficient (Wildman–Crippen LogP) is 3.02. The molecule has 0 aliphatic carbocycles. The van der Waals surface area contributed by atoms with Crippen molar-refractivity contribution in [2.75, 3.05) is 5.88 Å². The summed E-state index contributed by atoms with van der Waals surface area (Å²) in [7, 11) is 0. The van der Waals surface area contributed by atoms with Crippen molar-refractivity contribution in [2.45, 2.75) is 18.6 Å². The van der Waals surface area contributed by atoms with Crippen molar-refractivity contribution >= 4 is 34.8 Å². The monoisotopic (exact) mass is 268 g/mol. The largest absolute Gasteiger partial charge is 0.390 e. The zero-order chi connectivity index (χ0) is 11.4. The number of hydrogen-bond donors (Lipinski definition) is 2. The molecule has 0 bridgehead atoms. The predicted molar refractivity (Wildman–Crippen MR) is 62.8 cm³/mol. The van der Waals surface area contributed by atoms with Crippen molar-refractivity contribution in [3.05, 3.63) is 33.8 Å². The summed E-state index contributed by atoms with van der Waals surface area (Å²) in [6.45, 7) is 0. The smallest absolute Gasteiger partial charge is 0.108 e. The van der Waals surface area contributed by atoms with Crippen LogP contribution in [-0.4, -0.2) is 22.2 Å². The molecular weight excluding hydrogens is 258 g/mol. The molecule has 2 nitrogen and oxygen atoms in total. The first kappa shape index (κ1) is 13.1. The van der Waals surface area contributed by atoms with Gasteiger partial charge in [-0.2, -0.15) is 0 Å². The van der Waals surface area contributed by atoms with Crippen molar-refractivity contribution in [2.24, 2.45) is 0 Å². The third kappa shape index (κ3) is 3.23. The lowest BCUT2D eigenvalue weighted by atomic mass is 10.0. The second kappa shape index (κ2) is 5.92. The Morgan fingerprint density at radius 2 is 1.67 bits per heavy atom. The lowest BCUT2D eigenvalue weighted by Gasteiger charge is -2.19. The summed E-state index contributed by atoms with van der Waals surface area (Å²) in [5, 5.41) is 20.0. The SMILES string of the molecule is OC(CCCl)C(O)c1c(Cl)cccc1Cl. The van der Waals surface area contributed by atoms with Crippen LogP contribution in [0, 0.1) is 0 Å². The highest BCUT2D eigenvalue weighted by Gasteiger charge is 2.22. The first-order valence-corrected chi connectivity index (χ1v) is 5.73. The molecule has 1 aromatic rings. The molecule has 0 aliphatic heterocycles. The quantitative estimate of drug-likeness (QED) is 0.825. The molecule has 2 atom stereocenters. The number of halogens is 3. The van der Waals surface area contributed by atoms with Gasteiger partial charge in [-0.15, -0.1) is 11.6 Å². The van der Waals surface area contributed by atoms with E-state index in [2.05, 4.69) is 0 Å². The Bertz CT molecular complexity index is 310. The topological polar surface area (TPSA) is 40.5 Å². The number of aliphatic hydroxyl groups excluding tert-OH is 2. The molecule has 84 valence electrons. The summed E-state index contributed by atoms with van der Waals surface area (Å²) >= 11 is 17.2. The molecule has 1 aromatic carbocycles. The van der Waals surface area contributed by atoms with E-state index in [-0.39, 0.29) is 12.3 Å². The fourth-order valence-electron chi connectivity index (χ4n) is 1.26. The maximum absolute atomic E-state index is 9.80. The lowest BCUT2D eigenvalue weighted by molar-refractivity contribution is 0.0171. The molecule has 0 saturated heterocycles. The number of aliphatic hydroxyl groups is 2. The first-order valence-electron chi connectivity index (χ1n) is 4.44. The van der Waals surface area contributed by atoms with E-state index < -0.39 is 12.2 Å². The van der Waals surface area contributed by atoms with Crippen molar-refractivity contribution in [3.63, 3.8) is 0 Å². The minimum atomic E-state index is -1.11. The van der Waals surface area contributed by atoms with E-state index >= 15 is 0 Å². The van der Waals surface area contributed by atoms with Gasteiger partial charge in [-0.1, -0.05) is 29.3 Å². The van der Waals surface area contributed by atoms with E-state index in [1.54, 1.807) is 18.2 Å². The fourth-order valence-corrected chi connectivity index (χ4v) is 2.10. The molecule has 0 saturated carbocycles. The highest BCUT2D eigenvalue weighted by Crippen LogP contribution is 2.32. The molecule has 0 fully saturated rings. The average Bonchev–Trinajstić information content (AvgIpc) is 2.17. The molecular formula is C10H11Cl3O2. The Balaban J connectivity index is 2.94. The molecule has 0 radical (unpaired) electrons. The van der Waals surface area contributed by atoms with Gasteiger partial charge < -0.3 is 10.2 Å². The van der Waals surface area contributed by atoms with E-state index in [1.807, 2.05) is 0 Å². The van der Waals surface area contributed by atoms with Crippen LogP contribution in [0.4, 0.5) is 0 Å². The van der Waals surface area contributed by atoms with Gasteiger partial charge in [-0.3, -0.25) is 0 Å². The Labute approximate surface area is 103 Å². The number of hydrogen-bond acceptors (Lipinski definition) is 2. The van der Waals surface area contributed by atoms with Crippen LogP contribution >= 0.6 is 34.8 Å². The van der Waals surface area contributed by atoms with Gasteiger partial charge in [0.25, 0.3) is 0 Å². The Morgan fingerprint density at radius 3 is 2.13 bits per heavy atom. The molecule has 0 heterocycles. The number of alkyl halides is 1. The molecule has 2 N–H and O–H groups in total. The van der Waals surface area contributed by atoms with Crippen LogP contribution in [0.2, 0.25) is 10.0 Å². The van der Waals surface area contributed by atoms with Crippen molar-refractivity contribution in [3.8, 4) is 0 Å². The van der Waals surface area contributed by atoms with E-state index in [4.69, 9.17) is 34.8 Å². The third-order valence-corrected chi connectivity index (χ3v) is 2.94. The molecule has 1 rings (SSSR count). The second-order valence-corrected chi connectivity index (χ2v) is 4.32. The lowest BCUT2D eigenvalue weighted by Crippen LogP contribution is -2.19. The van der Waals surface area contributed by atoms with Crippen molar-refractivity contribution in [1.82, 2.24) is 0 Å². The summed E-state index contributed by atoms with van der Waals surface area (Å²) in [5.41, 5.74) is 0.346. The first-order chi connectivity index (χ1) is 7.07. The van der Waals surface area contributed by atoms with Gasteiger partial charge in [0.1, 0.15) is 6.10 Å². The summed E-state index contributed by atoms with van der Waals surface area (Å²) in [6, 6.07) is 4.90. The van der Waals surface area contributed by atoms with Crippen LogP contribution in [0.5, 0.6) is 0 Å². The number of benzene rings is 1. The normalized spacial score (nSPS) is 15.0.